The maximum Gasteiger partial charge on any atom is 0.280 e. The average molecular weight is 246 g/mol. The van der Waals surface area contributed by atoms with Crippen LogP contribution in [0.25, 0.3) is 0 Å². The van der Waals surface area contributed by atoms with Crippen molar-refractivity contribution < 1.29 is 28.4 Å². The van der Waals surface area contributed by atoms with Gasteiger partial charge in [0, 0.05) is 14.0 Å². The van der Waals surface area contributed by atoms with E-state index >= 15 is 0 Å². The molecule has 0 aromatic heterocycles. The molecule has 5 atom stereocenters. The second-order valence-electron chi connectivity index (χ2n) is 5.10. The lowest BCUT2D eigenvalue weighted by Crippen LogP contribution is -2.53. The highest BCUT2D eigenvalue weighted by Crippen LogP contribution is 2.42. The van der Waals surface area contributed by atoms with Crippen LogP contribution < -0.4 is 0 Å². The molecular weight excluding hydrogens is 228 g/mol. The third-order valence-corrected chi connectivity index (χ3v) is 3.32. The van der Waals surface area contributed by atoms with Crippen molar-refractivity contribution in [1.82, 2.24) is 0 Å². The molecule has 0 bridgehead atoms. The monoisotopic (exact) mass is 246 g/mol. The quantitative estimate of drug-likeness (QED) is 0.675. The van der Waals surface area contributed by atoms with Gasteiger partial charge in [-0.3, -0.25) is 0 Å². The van der Waals surface area contributed by atoms with Crippen LogP contribution in [0, 0.1) is 0 Å². The zero-order valence-corrected chi connectivity index (χ0v) is 10.5. The SMILES string of the molecule is COC1(C)OC[C@H]2O[C@@H]3OC(C)(C)O[C@@H]3[C@H]2O1. The van der Waals surface area contributed by atoms with Crippen LogP contribution in [0.2, 0.25) is 0 Å². The second-order valence-corrected chi connectivity index (χ2v) is 5.10. The molecule has 0 spiro atoms. The Morgan fingerprint density at radius 2 is 1.82 bits per heavy atom. The summed E-state index contributed by atoms with van der Waals surface area (Å²) < 4.78 is 33.6. The van der Waals surface area contributed by atoms with E-state index in [1.807, 2.05) is 13.8 Å². The molecule has 3 heterocycles. The maximum atomic E-state index is 5.80. The van der Waals surface area contributed by atoms with E-state index in [9.17, 15) is 0 Å². The average Bonchev–Trinajstić information content (AvgIpc) is 2.71. The largest absolute Gasteiger partial charge is 0.341 e. The molecule has 6 nitrogen and oxygen atoms in total. The van der Waals surface area contributed by atoms with Crippen molar-refractivity contribution in [3.63, 3.8) is 0 Å². The van der Waals surface area contributed by atoms with Crippen LogP contribution in [0.4, 0.5) is 0 Å². The number of ether oxygens (including phenoxy) is 6. The number of fused-ring (bicyclic) bond motifs is 3. The molecule has 0 aliphatic carbocycles. The van der Waals surface area contributed by atoms with Gasteiger partial charge in [0.25, 0.3) is 5.97 Å². The first-order valence-corrected chi connectivity index (χ1v) is 5.80. The van der Waals surface area contributed by atoms with Gasteiger partial charge in [0.05, 0.1) is 6.61 Å². The van der Waals surface area contributed by atoms with Gasteiger partial charge in [-0.1, -0.05) is 0 Å². The number of hydrogen-bond acceptors (Lipinski definition) is 6. The lowest BCUT2D eigenvalue weighted by Gasteiger charge is -2.39. The Labute approximate surface area is 100 Å². The summed E-state index contributed by atoms with van der Waals surface area (Å²) in [5.41, 5.74) is 0. The minimum Gasteiger partial charge on any atom is -0.341 e. The molecule has 98 valence electrons. The topological polar surface area (TPSA) is 55.4 Å². The van der Waals surface area contributed by atoms with Crippen LogP contribution >= 0.6 is 0 Å². The Kier molecular flexibility index (Phi) is 2.52. The van der Waals surface area contributed by atoms with E-state index in [1.165, 1.54) is 0 Å². The molecule has 0 radical (unpaired) electrons. The maximum absolute atomic E-state index is 5.80. The van der Waals surface area contributed by atoms with Gasteiger partial charge in [-0.05, 0) is 13.8 Å². The van der Waals surface area contributed by atoms with Gasteiger partial charge in [-0.25, -0.2) is 0 Å². The van der Waals surface area contributed by atoms with E-state index in [-0.39, 0.29) is 24.6 Å². The zero-order chi connectivity index (χ0) is 12.3. The lowest BCUT2D eigenvalue weighted by atomic mass is 10.1. The third kappa shape index (κ3) is 1.89. The first-order chi connectivity index (χ1) is 7.92. The second kappa shape index (κ2) is 3.63. The highest BCUT2D eigenvalue weighted by atomic mass is 16.9. The molecule has 3 aliphatic rings. The van der Waals surface area contributed by atoms with Crippen LogP contribution in [-0.2, 0) is 28.4 Å². The van der Waals surface area contributed by atoms with Crippen molar-refractivity contribution in [3.8, 4) is 0 Å². The van der Waals surface area contributed by atoms with Crippen LogP contribution in [-0.4, -0.2) is 50.1 Å². The van der Waals surface area contributed by atoms with Gasteiger partial charge in [-0.2, -0.15) is 0 Å². The van der Waals surface area contributed by atoms with Gasteiger partial charge >= 0.3 is 0 Å². The normalized spacial score (nSPS) is 52.2. The Morgan fingerprint density at radius 1 is 1.06 bits per heavy atom. The Balaban J connectivity index is 1.77. The van der Waals surface area contributed by atoms with E-state index in [4.69, 9.17) is 28.4 Å². The highest BCUT2D eigenvalue weighted by molar-refractivity contribution is 4.96. The van der Waals surface area contributed by atoms with Crippen molar-refractivity contribution in [2.75, 3.05) is 13.7 Å². The standard InChI is InChI=1S/C11H18O6/c1-10(2)15-8-7-6(14-9(8)17-10)5-13-11(3,12-4)16-7/h6-9H,5H2,1-4H3/t6-,7+,8-,9-,11?/m1/s1. The minimum atomic E-state index is -1.03. The molecule has 3 fully saturated rings. The summed E-state index contributed by atoms with van der Waals surface area (Å²) in [6.45, 7) is 5.86. The van der Waals surface area contributed by atoms with Crippen LogP contribution in [0.1, 0.15) is 20.8 Å². The van der Waals surface area contributed by atoms with Gasteiger partial charge in [0.1, 0.15) is 18.3 Å². The van der Waals surface area contributed by atoms with Gasteiger partial charge < -0.3 is 28.4 Å². The van der Waals surface area contributed by atoms with Crippen molar-refractivity contribution in [2.24, 2.45) is 0 Å². The van der Waals surface area contributed by atoms with Crippen LogP contribution in [0.5, 0.6) is 0 Å². The van der Waals surface area contributed by atoms with Gasteiger partial charge in [0.15, 0.2) is 12.1 Å². The molecule has 3 aliphatic heterocycles. The summed E-state index contributed by atoms with van der Waals surface area (Å²) in [4.78, 5) is 0. The zero-order valence-electron chi connectivity index (χ0n) is 10.5. The fourth-order valence-electron chi connectivity index (χ4n) is 2.45. The Bertz CT molecular complexity index is 319. The molecular formula is C11H18O6. The van der Waals surface area contributed by atoms with E-state index in [2.05, 4.69) is 0 Å². The molecule has 0 amide bonds. The number of hydrogen-bond donors (Lipinski definition) is 0. The molecule has 0 saturated carbocycles. The van der Waals surface area contributed by atoms with Crippen LogP contribution in [0.15, 0.2) is 0 Å². The van der Waals surface area contributed by atoms with E-state index in [0.717, 1.165) is 0 Å². The fourth-order valence-corrected chi connectivity index (χ4v) is 2.45. The molecule has 0 aromatic carbocycles. The molecule has 1 unspecified atom stereocenters. The Hall–Kier alpha value is -0.240. The molecule has 3 rings (SSSR count). The van der Waals surface area contributed by atoms with Crippen molar-refractivity contribution >= 4 is 0 Å². The van der Waals surface area contributed by atoms with Crippen molar-refractivity contribution in [2.45, 2.75) is 57.1 Å². The van der Waals surface area contributed by atoms with Crippen LogP contribution in [0.3, 0.4) is 0 Å². The molecule has 3 saturated heterocycles. The summed E-state index contributed by atoms with van der Waals surface area (Å²) in [5, 5.41) is 0. The van der Waals surface area contributed by atoms with E-state index in [1.54, 1.807) is 14.0 Å². The molecule has 0 aromatic rings. The Morgan fingerprint density at radius 3 is 2.53 bits per heavy atom. The van der Waals surface area contributed by atoms with Crippen molar-refractivity contribution in [1.29, 1.82) is 0 Å². The number of methoxy groups -OCH3 is 1. The summed E-state index contributed by atoms with van der Waals surface area (Å²) in [6, 6.07) is 0. The summed E-state index contributed by atoms with van der Waals surface area (Å²) in [5.74, 6) is -1.67. The first kappa shape index (κ1) is 11.8. The molecule has 6 heteroatoms. The van der Waals surface area contributed by atoms with E-state index in [0.29, 0.717) is 6.61 Å². The predicted octanol–water partition coefficient (Wildman–Crippen LogP) is 0.598. The third-order valence-electron chi connectivity index (χ3n) is 3.32. The number of rotatable bonds is 1. The fraction of sp³-hybridized carbons (Fsp3) is 1.00. The highest BCUT2D eigenvalue weighted by Gasteiger charge is 2.59. The van der Waals surface area contributed by atoms with Gasteiger partial charge in [0.2, 0.25) is 0 Å². The smallest absolute Gasteiger partial charge is 0.280 e. The summed E-state index contributed by atoms with van der Waals surface area (Å²) >= 11 is 0. The lowest BCUT2D eigenvalue weighted by molar-refractivity contribution is -0.416. The van der Waals surface area contributed by atoms with Crippen molar-refractivity contribution in [3.05, 3.63) is 0 Å². The summed E-state index contributed by atoms with van der Waals surface area (Å²) in [6.07, 6.45) is -0.999. The summed E-state index contributed by atoms with van der Waals surface area (Å²) in [7, 11) is 1.55. The molecule has 17 heavy (non-hydrogen) atoms. The minimum absolute atomic E-state index is 0.163. The van der Waals surface area contributed by atoms with Gasteiger partial charge in [-0.15, -0.1) is 0 Å². The van der Waals surface area contributed by atoms with E-state index < -0.39 is 11.8 Å². The predicted molar refractivity (Wildman–Crippen MR) is 54.9 cm³/mol. The first-order valence-electron chi connectivity index (χ1n) is 5.80. The molecule has 0 N–H and O–H groups in total.